The number of likely N-dealkylation sites (tertiary alicyclic amines) is 1. The Labute approximate surface area is 123 Å². The zero-order valence-corrected chi connectivity index (χ0v) is 12.9. The molecule has 1 N–H and O–H groups in total. The quantitative estimate of drug-likeness (QED) is 0.923. The maximum atomic E-state index is 11.9. The zero-order chi connectivity index (χ0) is 13.7. The molecule has 1 aromatic rings. The SMILES string of the molecule is C[C@@H]1CCCN(CCNC(=O)c2ccc(Br)cc2)C1. The molecule has 0 radical (unpaired) electrons. The Morgan fingerprint density at radius 2 is 2.16 bits per heavy atom. The molecule has 0 aliphatic carbocycles. The molecule has 1 fully saturated rings. The Morgan fingerprint density at radius 1 is 1.42 bits per heavy atom. The normalized spacial score (nSPS) is 20.2. The second kappa shape index (κ2) is 7.06. The Kier molecular flexibility index (Phi) is 5.40. The van der Waals surface area contributed by atoms with Gasteiger partial charge >= 0.3 is 0 Å². The minimum absolute atomic E-state index is 0.0116. The van der Waals surface area contributed by atoms with Crippen molar-refractivity contribution in [3.05, 3.63) is 34.3 Å². The summed E-state index contributed by atoms with van der Waals surface area (Å²) in [4.78, 5) is 14.4. The molecular formula is C15H21BrN2O. The molecule has 0 aromatic heterocycles. The highest BCUT2D eigenvalue weighted by Crippen LogP contribution is 2.14. The highest BCUT2D eigenvalue weighted by atomic mass is 79.9. The molecule has 2 rings (SSSR count). The summed E-state index contributed by atoms with van der Waals surface area (Å²) in [6, 6.07) is 7.45. The molecule has 1 aromatic carbocycles. The van der Waals surface area contributed by atoms with Crippen LogP contribution in [0.25, 0.3) is 0 Å². The van der Waals surface area contributed by atoms with Crippen molar-refractivity contribution in [1.29, 1.82) is 0 Å². The van der Waals surface area contributed by atoms with Gasteiger partial charge in [0.25, 0.3) is 5.91 Å². The number of carbonyl (C=O) groups is 1. The monoisotopic (exact) mass is 324 g/mol. The standard InChI is InChI=1S/C15H21BrN2O/c1-12-3-2-9-18(11-12)10-8-17-15(19)13-4-6-14(16)7-5-13/h4-7,12H,2-3,8-11H2,1H3,(H,17,19)/t12-/m1/s1. The lowest BCUT2D eigenvalue weighted by molar-refractivity contribution is 0.0944. The molecule has 1 amide bonds. The predicted molar refractivity (Wildman–Crippen MR) is 81.3 cm³/mol. The second-order valence-electron chi connectivity index (χ2n) is 5.31. The number of hydrogen-bond acceptors (Lipinski definition) is 2. The van der Waals surface area contributed by atoms with Crippen LogP contribution in [0.5, 0.6) is 0 Å². The van der Waals surface area contributed by atoms with Crippen molar-refractivity contribution >= 4 is 21.8 Å². The summed E-state index contributed by atoms with van der Waals surface area (Å²) in [6.07, 6.45) is 2.61. The molecule has 0 spiro atoms. The van der Waals surface area contributed by atoms with Crippen LogP contribution >= 0.6 is 15.9 Å². The zero-order valence-electron chi connectivity index (χ0n) is 11.4. The first kappa shape index (κ1) is 14.5. The van der Waals surface area contributed by atoms with Crippen LogP contribution in [0.15, 0.2) is 28.7 Å². The Balaban J connectivity index is 1.73. The largest absolute Gasteiger partial charge is 0.351 e. The molecule has 0 bridgehead atoms. The molecule has 19 heavy (non-hydrogen) atoms. The fourth-order valence-corrected chi connectivity index (χ4v) is 2.78. The molecule has 4 heteroatoms. The smallest absolute Gasteiger partial charge is 0.251 e. The molecule has 104 valence electrons. The van der Waals surface area contributed by atoms with Crippen LogP contribution in [-0.2, 0) is 0 Å². The van der Waals surface area contributed by atoms with Gasteiger partial charge in [-0.15, -0.1) is 0 Å². The van der Waals surface area contributed by atoms with Gasteiger partial charge in [0.2, 0.25) is 0 Å². The van der Waals surface area contributed by atoms with E-state index >= 15 is 0 Å². The second-order valence-corrected chi connectivity index (χ2v) is 6.23. The number of carbonyl (C=O) groups excluding carboxylic acids is 1. The van der Waals surface area contributed by atoms with E-state index in [1.54, 1.807) is 0 Å². The average Bonchev–Trinajstić information content (AvgIpc) is 2.39. The highest BCUT2D eigenvalue weighted by Gasteiger charge is 2.15. The van der Waals surface area contributed by atoms with Crippen molar-refractivity contribution in [3.8, 4) is 0 Å². The molecular weight excluding hydrogens is 304 g/mol. The van der Waals surface area contributed by atoms with Gasteiger partial charge in [0.1, 0.15) is 0 Å². The van der Waals surface area contributed by atoms with Gasteiger partial charge in [0.15, 0.2) is 0 Å². The lowest BCUT2D eigenvalue weighted by atomic mass is 10.0. The summed E-state index contributed by atoms with van der Waals surface area (Å²) in [6.45, 7) is 6.30. The summed E-state index contributed by atoms with van der Waals surface area (Å²) in [7, 11) is 0. The van der Waals surface area contributed by atoms with Gasteiger partial charge in [-0.1, -0.05) is 22.9 Å². The first-order valence-corrected chi connectivity index (χ1v) is 7.70. The van der Waals surface area contributed by atoms with Gasteiger partial charge in [-0.3, -0.25) is 4.79 Å². The summed E-state index contributed by atoms with van der Waals surface area (Å²) < 4.78 is 0.992. The Bertz CT molecular complexity index is 419. The van der Waals surface area contributed by atoms with E-state index in [-0.39, 0.29) is 5.91 Å². The highest BCUT2D eigenvalue weighted by molar-refractivity contribution is 9.10. The summed E-state index contributed by atoms with van der Waals surface area (Å²) in [5, 5.41) is 2.98. The van der Waals surface area contributed by atoms with E-state index in [9.17, 15) is 4.79 Å². The molecule has 0 saturated carbocycles. The van der Waals surface area contributed by atoms with E-state index in [0.717, 1.165) is 35.6 Å². The van der Waals surface area contributed by atoms with E-state index in [1.165, 1.54) is 19.4 Å². The van der Waals surface area contributed by atoms with Gasteiger partial charge in [-0.2, -0.15) is 0 Å². The van der Waals surface area contributed by atoms with Crippen molar-refractivity contribution < 1.29 is 4.79 Å². The van der Waals surface area contributed by atoms with Crippen molar-refractivity contribution in [2.24, 2.45) is 5.92 Å². The van der Waals surface area contributed by atoms with Crippen molar-refractivity contribution in [2.75, 3.05) is 26.2 Å². The van der Waals surface area contributed by atoms with E-state index in [1.807, 2.05) is 24.3 Å². The van der Waals surface area contributed by atoms with E-state index in [2.05, 4.69) is 33.1 Å². The maximum absolute atomic E-state index is 11.9. The Morgan fingerprint density at radius 3 is 2.84 bits per heavy atom. The van der Waals surface area contributed by atoms with Gasteiger partial charge in [0, 0.05) is 29.7 Å². The van der Waals surface area contributed by atoms with Crippen LogP contribution in [0.2, 0.25) is 0 Å². The topological polar surface area (TPSA) is 32.3 Å². The van der Waals surface area contributed by atoms with Crippen molar-refractivity contribution in [3.63, 3.8) is 0 Å². The number of nitrogens with zero attached hydrogens (tertiary/aromatic N) is 1. The van der Waals surface area contributed by atoms with E-state index in [4.69, 9.17) is 0 Å². The summed E-state index contributed by atoms with van der Waals surface area (Å²) in [5.74, 6) is 0.800. The molecule has 0 unspecified atom stereocenters. The van der Waals surface area contributed by atoms with Crippen LogP contribution in [0.4, 0.5) is 0 Å². The minimum Gasteiger partial charge on any atom is -0.351 e. The van der Waals surface area contributed by atoms with Crippen LogP contribution in [0, 0.1) is 5.92 Å². The van der Waals surface area contributed by atoms with E-state index in [0.29, 0.717) is 0 Å². The number of benzene rings is 1. The average molecular weight is 325 g/mol. The third kappa shape index (κ3) is 4.62. The van der Waals surface area contributed by atoms with Gasteiger partial charge in [-0.05, 0) is 49.6 Å². The fraction of sp³-hybridized carbons (Fsp3) is 0.533. The van der Waals surface area contributed by atoms with Crippen LogP contribution in [0.1, 0.15) is 30.1 Å². The number of rotatable bonds is 4. The first-order chi connectivity index (χ1) is 9.15. The van der Waals surface area contributed by atoms with Gasteiger partial charge in [-0.25, -0.2) is 0 Å². The summed E-state index contributed by atoms with van der Waals surface area (Å²) in [5.41, 5.74) is 0.718. The van der Waals surface area contributed by atoms with Crippen LogP contribution in [-0.4, -0.2) is 37.0 Å². The Hall–Kier alpha value is -0.870. The van der Waals surface area contributed by atoms with Gasteiger partial charge < -0.3 is 10.2 Å². The number of amides is 1. The maximum Gasteiger partial charge on any atom is 0.251 e. The third-order valence-electron chi connectivity index (χ3n) is 3.56. The predicted octanol–water partition coefficient (Wildman–Crippen LogP) is 2.91. The molecule has 1 atom stereocenters. The molecule has 1 heterocycles. The third-order valence-corrected chi connectivity index (χ3v) is 4.09. The fourth-order valence-electron chi connectivity index (χ4n) is 2.52. The minimum atomic E-state index is 0.0116. The van der Waals surface area contributed by atoms with Crippen molar-refractivity contribution in [1.82, 2.24) is 10.2 Å². The summed E-state index contributed by atoms with van der Waals surface area (Å²) >= 11 is 3.37. The molecule has 1 saturated heterocycles. The van der Waals surface area contributed by atoms with Crippen molar-refractivity contribution in [2.45, 2.75) is 19.8 Å². The molecule has 1 aliphatic heterocycles. The van der Waals surface area contributed by atoms with Crippen LogP contribution in [0.3, 0.4) is 0 Å². The number of halogens is 1. The lowest BCUT2D eigenvalue weighted by Crippen LogP contribution is -2.40. The number of piperidine rings is 1. The molecule has 1 aliphatic rings. The number of hydrogen-bond donors (Lipinski definition) is 1. The lowest BCUT2D eigenvalue weighted by Gasteiger charge is -2.30. The van der Waals surface area contributed by atoms with Crippen LogP contribution < -0.4 is 5.32 Å². The molecule has 3 nitrogen and oxygen atoms in total. The van der Waals surface area contributed by atoms with Gasteiger partial charge in [0.05, 0.1) is 0 Å². The number of nitrogens with one attached hydrogen (secondary N) is 1. The van der Waals surface area contributed by atoms with E-state index < -0.39 is 0 Å². The first-order valence-electron chi connectivity index (χ1n) is 6.91.